The van der Waals surface area contributed by atoms with Crippen molar-refractivity contribution in [3.63, 3.8) is 0 Å². The number of pyridine rings is 1. The number of hydrogen-bond acceptors (Lipinski definition) is 3. The SMILES string of the molecule is O=C(O)C1CCN(C(=O)NCc2ccn3ccnc3c2)C1. The summed E-state index contributed by atoms with van der Waals surface area (Å²) in [7, 11) is 0. The van der Waals surface area contributed by atoms with E-state index in [0.29, 0.717) is 19.5 Å². The third kappa shape index (κ3) is 2.81. The summed E-state index contributed by atoms with van der Waals surface area (Å²) < 4.78 is 1.89. The Morgan fingerprint density at radius 2 is 2.29 bits per heavy atom. The van der Waals surface area contributed by atoms with E-state index in [-0.39, 0.29) is 12.6 Å². The molecule has 1 fully saturated rings. The Kier molecular flexibility index (Phi) is 3.47. The van der Waals surface area contributed by atoms with Crippen molar-refractivity contribution in [3.8, 4) is 0 Å². The van der Waals surface area contributed by atoms with Crippen LogP contribution in [0.2, 0.25) is 0 Å². The molecular formula is C14H16N4O3. The molecule has 1 aliphatic heterocycles. The number of carboxylic acids is 1. The standard InChI is InChI=1S/C14H16N4O3/c19-13(20)11-2-5-18(9-11)14(21)16-8-10-1-4-17-6-3-15-12(17)7-10/h1,3-4,6-7,11H,2,5,8-9H2,(H,16,21)(H,19,20). The van der Waals surface area contributed by atoms with Crippen LogP contribution in [-0.2, 0) is 11.3 Å². The molecular weight excluding hydrogens is 272 g/mol. The molecule has 0 saturated carbocycles. The molecule has 3 rings (SSSR count). The molecule has 2 aromatic rings. The van der Waals surface area contributed by atoms with Gasteiger partial charge < -0.3 is 19.7 Å². The first-order valence-corrected chi connectivity index (χ1v) is 6.80. The molecule has 0 radical (unpaired) electrons. The zero-order valence-corrected chi connectivity index (χ0v) is 11.4. The first-order valence-electron chi connectivity index (χ1n) is 6.80. The van der Waals surface area contributed by atoms with Crippen LogP contribution in [0, 0.1) is 5.92 Å². The molecule has 0 aromatic carbocycles. The van der Waals surface area contributed by atoms with Gasteiger partial charge in [0.25, 0.3) is 0 Å². The molecule has 2 amide bonds. The van der Waals surface area contributed by atoms with Gasteiger partial charge in [-0.05, 0) is 24.1 Å². The molecule has 1 unspecified atom stereocenters. The Morgan fingerprint density at radius 1 is 1.43 bits per heavy atom. The van der Waals surface area contributed by atoms with Crippen LogP contribution in [-0.4, -0.2) is 44.5 Å². The normalized spacial score (nSPS) is 18.1. The summed E-state index contributed by atoms with van der Waals surface area (Å²) in [6.07, 6.45) is 5.98. The number of rotatable bonds is 3. The average Bonchev–Trinajstić information content (AvgIpc) is 3.12. The van der Waals surface area contributed by atoms with Crippen molar-refractivity contribution in [1.82, 2.24) is 19.6 Å². The topological polar surface area (TPSA) is 86.9 Å². The van der Waals surface area contributed by atoms with Crippen LogP contribution in [0.25, 0.3) is 5.65 Å². The molecule has 110 valence electrons. The predicted molar refractivity (Wildman–Crippen MR) is 74.7 cm³/mol. The maximum absolute atomic E-state index is 12.0. The minimum atomic E-state index is -0.838. The Bertz CT molecular complexity index is 682. The summed E-state index contributed by atoms with van der Waals surface area (Å²) in [6.45, 7) is 1.17. The highest BCUT2D eigenvalue weighted by molar-refractivity contribution is 5.77. The molecule has 2 N–H and O–H groups in total. The summed E-state index contributed by atoms with van der Waals surface area (Å²) in [6, 6.07) is 3.60. The first-order chi connectivity index (χ1) is 10.1. The van der Waals surface area contributed by atoms with E-state index in [2.05, 4.69) is 10.3 Å². The maximum Gasteiger partial charge on any atom is 0.317 e. The summed E-state index contributed by atoms with van der Waals surface area (Å²) >= 11 is 0. The number of nitrogens with one attached hydrogen (secondary N) is 1. The van der Waals surface area contributed by atoms with Gasteiger partial charge in [0.1, 0.15) is 5.65 Å². The van der Waals surface area contributed by atoms with Crippen molar-refractivity contribution < 1.29 is 14.7 Å². The van der Waals surface area contributed by atoms with Gasteiger partial charge in [0.05, 0.1) is 5.92 Å². The van der Waals surface area contributed by atoms with Crippen LogP contribution in [0.15, 0.2) is 30.7 Å². The Labute approximate surface area is 121 Å². The minimum Gasteiger partial charge on any atom is -0.481 e. The van der Waals surface area contributed by atoms with Crippen molar-refractivity contribution >= 4 is 17.6 Å². The number of amides is 2. The fourth-order valence-electron chi connectivity index (χ4n) is 2.50. The van der Waals surface area contributed by atoms with Gasteiger partial charge in [-0.15, -0.1) is 0 Å². The van der Waals surface area contributed by atoms with Crippen LogP contribution in [0.1, 0.15) is 12.0 Å². The third-order valence-electron chi connectivity index (χ3n) is 3.73. The van der Waals surface area contributed by atoms with E-state index in [1.807, 2.05) is 28.9 Å². The van der Waals surface area contributed by atoms with E-state index in [9.17, 15) is 9.59 Å². The summed E-state index contributed by atoms with van der Waals surface area (Å²) in [4.78, 5) is 28.6. The number of imidazole rings is 1. The van der Waals surface area contributed by atoms with Gasteiger partial charge in [-0.2, -0.15) is 0 Å². The van der Waals surface area contributed by atoms with Crippen molar-refractivity contribution in [2.24, 2.45) is 5.92 Å². The van der Waals surface area contributed by atoms with Crippen molar-refractivity contribution in [3.05, 3.63) is 36.3 Å². The largest absolute Gasteiger partial charge is 0.481 e. The zero-order valence-electron chi connectivity index (χ0n) is 11.4. The summed E-state index contributed by atoms with van der Waals surface area (Å²) in [5.74, 6) is -1.29. The summed E-state index contributed by atoms with van der Waals surface area (Å²) in [5.41, 5.74) is 1.78. The maximum atomic E-state index is 12.0. The number of carboxylic acid groups (broad SMARTS) is 1. The molecule has 0 aliphatic carbocycles. The second-order valence-corrected chi connectivity index (χ2v) is 5.16. The molecule has 1 saturated heterocycles. The van der Waals surface area contributed by atoms with Crippen molar-refractivity contribution in [2.45, 2.75) is 13.0 Å². The van der Waals surface area contributed by atoms with E-state index in [1.165, 1.54) is 0 Å². The van der Waals surface area contributed by atoms with Crippen molar-refractivity contribution in [2.75, 3.05) is 13.1 Å². The molecule has 7 heteroatoms. The lowest BCUT2D eigenvalue weighted by atomic mass is 10.1. The highest BCUT2D eigenvalue weighted by Gasteiger charge is 2.30. The monoisotopic (exact) mass is 288 g/mol. The molecule has 7 nitrogen and oxygen atoms in total. The van der Waals surface area contributed by atoms with Gasteiger partial charge in [-0.3, -0.25) is 4.79 Å². The number of aromatic nitrogens is 2. The lowest BCUT2D eigenvalue weighted by Gasteiger charge is -2.16. The Hall–Kier alpha value is -2.57. The van der Waals surface area contributed by atoms with Gasteiger partial charge in [-0.25, -0.2) is 9.78 Å². The molecule has 1 atom stereocenters. The van der Waals surface area contributed by atoms with E-state index >= 15 is 0 Å². The molecule has 1 aliphatic rings. The Balaban J connectivity index is 1.57. The first kappa shape index (κ1) is 13.4. The number of hydrogen-bond donors (Lipinski definition) is 2. The van der Waals surface area contributed by atoms with Crippen molar-refractivity contribution in [1.29, 1.82) is 0 Å². The van der Waals surface area contributed by atoms with Crippen LogP contribution in [0.4, 0.5) is 4.79 Å². The van der Waals surface area contributed by atoms with Gasteiger partial charge in [0.2, 0.25) is 0 Å². The second-order valence-electron chi connectivity index (χ2n) is 5.16. The fourth-order valence-corrected chi connectivity index (χ4v) is 2.50. The minimum absolute atomic E-state index is 0.220. The number of carbonyl (C=O) groups excluding carboxylic acids is 1. The molecule has 0 spiro atoms. The highest BCUT2D eigenvalue weighted by atomic mass is 16.4. The number of carbonyl (C=O) groups is 2. The molecule has 0 bridgehead atoms. The van der Waals surface area contributed by atoms with E-state index in [4.69, 9.17) is 5.11 Å². The van der Waals surface area contributed by atoms with Crippen LogP contribution in [0.3, 0.4) is 0 Å². The van der Waals surface area contributed by atoms with E-state index < -0.39 is 11.9 Å². The molecule has 2 aromatic heterocycles. The van der Waals surface area contributed by atoms with Crippen LogP contribution < -0.4 is 5.32 Å². The van der Waals surface area contributed by atoms with Crippen LogP contribution >= 0.6 is 0 Å². The number of urea groups is 1. The number of nitrogens with zero attached hydrogens (tertiary/aromatic N) is 3. The number of likely N-dealkylation sites (tertiary alicyclic amines) is 1. The van der Waals surface area contributed by atoms with E-state index in [0.717, 1.165) is 11.2 Å². The Morgan fingerprint density at radius 3 is 3.05 bits per heavy atom. The lowest BCUT2D eigenvalue weighted by Crippen LogP contribution is -2.38. The van der Waals surface area contributed by atoms with Gasteiger partial charge in [0.15, 0.2) is 0 Å². The third-order valence-corrected chi connectivity index (χ3v) is 3.73. The van der Waals surface area contributed by atoms with Gasteiger partial charge >= 0.3 is 12.0 Å². The quantitative estimate of drug-likeness (QED) is 0.880. The second kappa shape index (κ2) is 5.43. The molecule has 21 heavy (non-hydrogen) atoms. The predicted octanol–water partition coefficient (Wildman–Crippen LogP) is 0.950. The van der Waals surface area contributed by atoms with E-state index in [1.54, 1.807) is 11.1 Å². The number of aliphatic carboxylic acids is 1. The summed E-state index contributed by atoms with van der Waals surface area (Å²) in [5, 5.41) is 11.7. The fraction of sp³-hybridized carbons (Fsp3) is 0.357. The van der Waals surface area contributed by atoms with Gasteiger partial charge in [-0.1, -0.05) is 0 Å². The van der Waals surface area contributed by atoms with Gasteiger partial charge in [0, 0.05) is 38.2 Å². The average molecular weight is 288 g/mol. The lowest BCUT2D eigenvalue weighted by molar-refractivity contribution is -0.141. The number of fused-ring (bicyclic) bond motifs is 1. The van der Waals surface area contributed by atoms with Crippen LogP contribution in [0.5, 0.6) is 0 Å². The smallest absolute Gasteiger partial charge is 0.317 e. The molecule has 3 heterocycles. The highest BCUT2D eigenvalue weighted by Crippen LogP contribution is 2.16. The zero-order chi connectivity index (χ0) is 14.8.